The molecule has 0 fully saturated rings. The summed E-state index contributed by atoms with van der Waals surface area (Å²) in [5, 5.41) is 5.73. The third-order valence-corrected chi connectivity index (χ3v) is 3.47. The molecule has 106 valence electrons. The molecule has 2 amide bonds. The molecular formula is C14H23N3OS. The van der Waals surface area contributed by atoms with Crippen LogP contribution in [0.25, 0.3) is 0 Å². The molecule has 4 nitrogen and oxygen atoms in total. The fraction of sp³-hybridized carbons (Fsp3) is 0.500. The van der Waals surface area contributed by atoms with Gasteiger partial charge in [0.2, 0.25) is 0 Å². The maximum atomic E-state index is 11.8. The van der Waals surface area contributed by atoms with Gasteiger partial charge < -0.3 is 16.4 Å². The van der Waals surface area contributed by atoms with Crippen LogP contribution >= 0.6 is 11.8 Å². The van der Waals surface area contributed by atoms with Crippen molar-refractivity contribution in [3.05, 3.63) is 29.8 Å². The summed E-state index contributed by atoms with van der Waals surface area (Å²) in [6, 6.07) is 7.61. The summed E-state index contributed by atoms with van der Waals surface area (Å²) < 4.78 is 0. The van der Waals surface area contributed by atoms with Gasteiger partial charge in [-0.1, -0.05) is 12.1 Å². The van der Waals surface area contributed by atoms with Crippen LogP contribution in [0, 0.1) is 0 Å². The Kier molecular flexibility index (Phi) is 6.73. The molecule has 0 saturated heterocycles. The lowest BCUT2D eigenvalue weighted by molar-refractivity contribution is 0.249. The van der Waals surface area contributed by atoms with Gasteiger partial charge in [-0.25, -0.2) is 4.79 Å². The van der Waals surface area contributed by atoms with Crippen LogP contribution in [0.1, 0.15) is 31.9 Å². The molecule has 0 saturated carbocycles. The van der Waals surface area contributed by atoms with Gasteiger partial charge in [-0.05, 0) is 50.0 Å². The van der Waals surface area contributed by atoms with Crippen molar-refractivity contribution in [2.75, 3.05) is 17.3 Å². The smallest absolute Gasteiger partial charge is 0.319 e. The van der Waals surface area contributed by atoms with E-state index in [2.05, 4.69) is 16.9 Å². The van der Waals surface area contributed by atoms with Crippen molar-refractivity contribution in [3.63, 3.8) is 0 Å². The van der Waals surface area contributed by atoms with Gasteiger partial charge in [0.25, 0.3) is 0 Å². The van der Waals surface area contributed by atoms with Crippen LogP contribution in [-0.4, -0.2) is 24.1 Å². The number of nitrogens with two attached hydrogens (primary N) is 1. The Morgan fingerprint density at radius 1 is 1.32 bits per heavy atom. The molecule has 5 heteroatoms. The van der Waals surface area contributed by atoms with Crippen molar-refractivity contribution >= 4 is 23.5 Å². The maximum absolute atomic E-state index is 11.8. The summed E-state index contributed by atoms with van der Waals surface area (Å²) >= 11 is 1.78. The van der Waals surface area contributed by atoms with Crippen molar-refractivity contribution in [2.24, 2.45) is 5.73 Å². The Hall–Kier alpha value is -1.20. The van der Waals surface area contributed by atoms with Crippen LogP contribution in [-0.2, 0) is 0 Å². The highest BCUT2D eigenvalue weighted by atomic mass is 32.2. The summed E-state index contributed by atoms with van der Waals surface area (Å²) in [7, 11) is 0. The van der Waals surface area contributed by atoms with Crippen LogP contribution < -0.4 is 16.4 Å². The number of amides is 2. The number of carbonyl (C=O) groups excluding carboxylic acids is 1. The normalized spacial score (nSPS) is 13.7. The van der Waals surface area contributed by atoms with E-state index < -0.39 is 0 Å². The molecule has 0 spiro atoms. The van der Waals surface area contributed by atoms with E-state index in [-0.39, 0.29) is 18.1 Å². The number of anilines is 1. The predicted molar refractivity (Wildman–Crippen MR) is 83.7 cm³/mol. The molecule has 2 unspecified atom stereocenters. The summed E-state index contributed by atoms with van der Waals surface area (Å²) in [6.07, 6.45) is 3.03. The molecule has 1 aromatic carbocycles. The Balaban J connectivity index is 2.43. The first-order valence-corrected chi connectivity index (χ1v) is 7.84. The van der Waals surface area contributed by atoms with E-state index in [0.29, 0.717) is 0 Å². The first-order valence-electron chi connectivity index (χ1n) is 6.45. The minimum Gasteiger partial charge on any atom is -0.335 e. The van der Waals surface area contributed by atoms with Gasteiger partial charge in [0, 0.05) is 17.8 Å². The fourth-order valence-corrected chi connectivity index (χ4v) is 2.22. The van der Waals surface area contributed by atoms with Crippen LogP contribution in [0.5, 0.6) is 0 Å². The molecular weight excluding hydrogens is 258 g/mol. The topological polar surface area (TPSA) is 67.2 Å². The lowest BCUT2D eigenvalue weighted by Gasteiger charge is -2.14. The zero-order valence-corrected chi connectivity index (χ0v) is 12.6. The molecule has 0 aromatic heterocycles. The Morgan fingerprint density at radius 3 is 2.47 bits per heavy atom. The predicted octanol–water partition coefficient (Wildman–Crippen LogP) is 2.97. The van der Waals surface area contributed by atoms with Gasteiger partial charge in [-0.15, -0.1) is 0 Å². The van der Waals surface area contributed by atoms with Gasteiger partial charge >= 0.3 is 6.03 Å². The quantitative estimate of drug-likeness (QED) is 0.751. The zero-order valence-electron chi connectivity index (χ0n) is 11.8. The molecule has 19 heavy (non-hydrogen) atoms. The number of carbonyl (C=O) groups is 1. The summed E-state index contributed by atoms with van der Waals surface area (Å²) in [4.78, 5) is 11.8. The monoisotopic (exact) mass is 281 g/mol. The third-order valence-electron chi connectivity index (χ3n) is 2.83. The number of nitrogens with one attached hydrogen (secondary N) is 2. The van der Waals surface area contributed by atoms with Crippen molar-refractivity contribution < 1.29 is 4.79 Å². The van der Waals surface area contributed by atoms with Gasteiger partial charge in [0.15, 0.2) is 0 Å². The molecule has 0 heterocycles. The number of hydrogen-bond donors (Lipinski definition) is 3. The summed E-state index contributed by atoms with van der Waals surface area (Å²) in [5.74, 6) is 1.05. The maximum Gasteiger partial charge on any atom is 0.319 e. The van der Waals surface area contributed by atoms with Crippen molar-refractivity contribution in [3.8, 4) is 0 Å². The van der Waals surface area contributed by atoms with E-state index in [1.807, 2.05) is 38.1 Å². The van der Waals surface area contributed by atoms with Crippen LogP contribution in [0.4, 0.5) is 10.5 Å². The Labute approximate surface area is 119 Å². The molecule has 4 N–H and O–H groups in total. The molecule has 1 aromatic rings. The lowest BCUT2D eigenvalue weighted by Crippen LogP contribution is -2.36. The van der Waals surface area contributed by atoms with Gasteiger partial charge in [-0.3, -0.25) is 0 Å². The van der Waals surface area contributed by atoms with Crippen molar-refractivity contribution in [1.82, 2.24) is 5.32 Å². The van der Waals surface area contributed by atoms with E-state index in [9.17, 15) is 4.79 Å². The Morgan fingerprint density at radius 2 is 1.95 bits per heavy atom. The second kappa shape index (κ2) is 8.07. The highest BCUT2D eigenvalue weighted by molar-refractivity contribution is 7.98. The third kappa shape index (κ3) is 5.98. The number of rotatable bonds is 6. The average molecular weight is 281 g/mol. The van der Waals surface area contributed by atoms with Gasteiger partial charge in [0.1, 0.15) is 0 Å². The highest BCUT2D eigenvalue weighted by Crippen LogP contribution is 2.14. The van der Waals surface area contributed by atoms with Crippen molar-refractivity contribution in [2.45, 2.75) is 32.4 Å². The Bertz CT molecular complexity index is 392. The van der Waals surface area contributed by atoms with E-state index >= 15 is 0 Å². The second-order valence-electron chi connectivity index (χ2n) is 4.69. The number of thioether (sulfide) groups is 1. The minimum absolute atomic E-state index is 0.00874. The fourth-order valence-electron chi connectivity index (χ4n) is 1.63. The van der Waals surface area contributed by atoms with Crippen LogP contribution in [0.3, 0.4) is 0 Å². The lowest BCUT2D eigenvalue weighted by atomic mass is 10.1. The van der Waals surface area contributed by atoms with E-state index in [1.165, 1.54) is 0 Å². The van der Waals surface area contributed by atoms with Crippen molar-refractivity contribution in [1.29, 1.82) is 0 Å². The standard InChI is InChI=1S/C14H23N3OS/c1-10(8-9-19-3)16-14(18)17-13-6-4-12(5-7-13)11(2)15/h4-7,10-11H,8-9,15H2,1-3H3,(H2,16,17,18). The number of urea groups is 1. The SMILES string of the molecule is CSCCC(C)NC(=O)Nc1ccc(C(C)N)cc1. The highest BCUT2D eigenvalue weighted by Gasteiger charge is 2.07. The molecule has 0 radical (unpaired) electrons. The van der Waals surface area contributed by atoms with E-state index in [1.54, 1.807) is 11.8 Å². The minimum atomic E-state index is -0.165. The first kappa shape index (κ1) is 15.9. The summed E-state index contributed by atoms with van der Waals surface area (Å²) in [5.41, 5.74) is 7.61. The van der Waals surface area contributed by atoms with Crippen LogP contribution in [0.2, 0.25) is 0 Å². The number of benzene rings is 1. The molecule has 0 aliphatic heterocycles. The average Bonchev–Trinajstić information content (AvgIpc) is 2.36. The number of hydrogen-bond acceptors (Lipinski definition) is 3. The van der Waals surface area contributed by atoms with Gasteiger partial charge in [-0.2, -0.15) is 11.8 Å². The molecule has 0 aliphatic rings. The largest absolute Gasteiger partial charge is 0.335 e. The molecule has 0 aliphatic carbocycles. The zero-order chi connectivity index (χ0) is 14.3. The van der Waals surface area contributed by atoms with E-state index in [0.717, 1.165) is 23.4 Å². The van der Waals surface area contributed by atoms with Crippen LogP contribution in [0.15, 0.2) is 24.3 Å². The molecule has 2 atom stereocenters. The second-order valence-corrected chi connectivity index (χ2v) is 5.68. The first-order chi connectivity index (χ1) is 9.02. The molecule has 1 rings (SSSR count). The summed E-state index contributed by atoms with van der Waals surface area (Å²) in [6.45, 7) is 3.94. The van der Waals surface area contributed by atoms with Gasteiger partial charge in [0.05, 0.1) is 0 Å². The van der Waals surface area contributed by atoms with E-state index in [4.69, 9.17) is 5.73 Å². The molecule has 0 bridgehead atoms.